The maximum Gasteiger partial charge on any atom is 0.334 e. The lowest BCUT2D eigenvalue weighted by Gasteiger charge is -1.73. The fourth-order valence-electron chi connectivity index (χ4n) is 0.0603. The fraction of sp³-hybridized carbons (Fsp3) is 1.00. The predicted octanol–water partition coefficient (Wildman–Crippen LogP) is -1.30. The Morgan fingerprint density at radius 1 is 1.50 bits per heavy atom. The molecule has 0 atom stereocenters. The predicted molar refractivity (Wildman–Crippen MR) is 21.3 cm³/mol. The molecular formula is C2H6MgO3. The van der Waals surface area contributed by atoms with Gasteiger partial charge >= 0.3 is 29.0 Å². The summed E-state index contributed by atoms with van der Waals surface area (Å²) in [7, 11) is 0. The van der Waals surface area contributed by atoms with Gasteiger partial charge in [0.15, 0.2) is 0 Å². The quantitative estimate of drug-likeness (QED) is 0.235. The van der Waals surface area contributed by atoms with Crippen molar-refractivity contribution in [3.63, 3.8) is 0 Å². The summed E-state index contributed by atoms with van der Waals surface area (Å²) in [6.07, 6.45) is 0. The van der Waals surface area contributed by atoms with Gasteiger partial charge in [0.05, 0.1) is 0 Å². The van der Waals surface area contributed by atoms with Crippen LogP contribution in [0.1, 0.15) is 6.92 Å². The Morgan fingerprint density at radius 3 is 1.67 bits per heavy atom. The van der Waals surface area contributed by atoms with E-state index < -0.39 is 5.97 Å². The van der Waals surface area contributed by atoms with E-state index in [2.05, 4.69) is 9.78 Å². The first-order valence-corrected chi connectivity index (χ1v) is 1.30. The number of hydrogen-bond acceptors (Lipinski definition) is 3. The average Bonchev–Trinajstić information content (AvgIpc) is 1.76. The van der Waals surface area contributed by atoms with E-state index in [1.165, 1.54) is 6.92 Å². The van der Waals surface area contributed by atoms with E-state index in [4.69, 9.17) is 5.11 Å². The van der Waals surface area contributed by atoms with Gasteiger partial charge in [-0.2, -0.15) is 9.78 Å². The molecule has 0 bridgehead atoms. The fourth-order valence-corrected chi connectivity index (χ4v) is 0.0603. The normalized spacial score (nSPS) is 25.0. The molecule has 0 unspecified atom stereocenters. The lowest BCUT2D eigenvalue weighted by Crippen LogP contribution is -1.96. The van der Waals surface area contributed by atoms with E-state index in [0.29, 0.717) is 0 Å². The van der Waals surface area contributed by atoms with Crippen molar-refractivity contribution < 1.29 is 14.9 Å². The third-order valence-electron chi connectivity index (χ3n) is 0.325. The van der Waals surface area contributed by atoms with Crippen molar-refractivity contribution in [2.45, 2.75) is 12.9 Å². The van der Waals surface area contributed by atoms with E-state index in [-0.39, 0.29) is 23.1 Å². The minimum absolute atomic E-state index is 0. The van der Waals surface area contributed by atoms with E-state index in [1.807, 2.05) is 0 Å². The van der Waals surface area contributed by atoms with Crippen molar-refractivity contribution >= 4 is 23.1 Å². The molecule has 1 saturated heterocycles. The second-order valence-electron chi connectivity index (χ2n) is 1.06. The van der Waals surface area contributed by atoms with Gasteiger partial charge in [-0.25, -0.2) is 0 Å². The van der Waals surface area contributed by atoms with Gasteiger partial charge < -0.3 is 5.11 Å². The molecule has 6 heavy (non-hydrogen) atoms. The smallest absolute Gasteiger partial charge is 0.334 e. The van der Waals surface area contributed by atoms with Gasteiger partial charge in [0.1, 0.15) is 0 Å². The van der Waals surface area contributed by atoms with Crippen LogP contribution in [0.25, 0.3) is 0 Å². The van der Waals surface area contributed by atoms with Crippen molar-refractivity contribution in [3.8, 4) is 0 Å². The van der Waals surface area contributed by atoms with Crippen LogP contribution in [0, 0.1) is 0 Å². The molecule has 1 heterocycles. The topological polar surface area (TPSA) is 45.3 Å². The van der Waals surface area contributed by atoms with Crippen LogP contribution >= 0.6 is 0 Å². The Balaban J connectivity index is 0.000000250. The molecule has 1 N–H and O–H groups in total. The standard InChI is InChI=1S/C2H4O3.Mg.2H/c1-2(3)4-5-2;;;/h3H,1H3;;;. The maximum atomic E-state index is 8.19. The molecule has 1 aliphatic heterocycles. The highest BCUT2D eigenvalue weighted by atomic mass is 24.3. The van der Waals surface area contributed by atoms with E-state index in [1.54, 1.807) is 0 Å². The Labute approximate surface area is 51.3 Å². The Morgan fingerprint density at radius 2 is 1.67 bits per heavy atom. The summed E-state index contributed by atoms with van der Waals surface area (Å²) >= 11 is 0. The van der Waals surface area contributed by atoms with E-state index in [9.17, 15) is 0 Å². The zero-order valence-corrected chi connectivity index (χ0v) is 2.76. The Kier molecular flexibility index (Phi) is 1.81. The van der Waals surface area contributed by atoms with Gasteiger partial charge in [-0.3, -0.25) is 0 Å². The summed E-state index contributed by atoms with van der Waals surface area (Å²) in [5.74, 6) is -1.25. The molecule has 0 aliphatic carbocycles. The summed E-state index contributed by atoms with van der Waals surface area (Å²) in [6, 6.07) is 0. The molecule has 1 rings (SSSR count). The average molecular weight is 102 g/mol. The third-order valence-corrected chi connectivity index (χ3v) is 0.325. The monoisotopic (exact) mass is 102 g/mol. The molecule has 0 aromatic carbocycles. The minimum atomic E-state index is -1.25. The summed E-state index contributed by atoms with van der Waals surface area (Å²) < 4.78 is 0. The highest BCUT2D eigenvalue weighted by molar-refractivity contribution is 5.75. The maximum absolute atomic E-state index is 8.19. The molecule has 0 aromatic heterocycles. The van der Waals surface area contributed by atoms with Crippen LogP contribution in [-0.2, 0) is 9.78 Å². The van der Waals surface area contributed by atoms with Crippen LogP contribution in [0.5, 0.6) is 0 Å². The molecular weight excluding hydrogens is 96.3 g/mol. The lowest BCUT2D eigenvalue weighted by atomic mass is 10.7. The van der Waals surface area contributed by atoms with Gasteiger partial charge in [-0.05, 0) is 0 Å². The van der Waals surface area contributed by atoms with Gasteiger partial charge in [-0.1, -0.05) is 0 Å². The lowest BCUT2D eigenvalue weighted by molar-refractivity contribution is 0.0508. The summed E-state index contributed by atoms with van der Waals surface area (Å²) in [5.41, 5.74) is 0. The molecule has 1 fully saturated rings. The number of aliphatic hydroxyl groups is 1. The molecule has 3 nitrogen and oxygen atoms in total. The molecule has 0 radical (unpaired) electrons. The number of rotatable bonds is 0. The van der Waals surface area contributed by atoms with Crippen LogP contribution < -0.4 is 0 Å². The van der Waals surface area contributed by atoms with Gasteiger partial charge in [0, 0.05) is 6.92 Å². The van der Waals surface area contributed by atoms with Crippen molar-refractivity contribution in [2.75, 3.05) is 0 Å². The van der Waals surface area contributed by atoms with Gasteiger partial charge in [0.25, 0.3) is 0 Å². The summed E-state index contributed by atoms with van der Waals surface area (Å²) in [6.45, 7) is 1.41. The van der Waals surface area contributed by atoms with Crippen LogP contribution in [0.2, 0.25) is 0 Å². The zero-order chi connectivity index (χ0) is 3.91. The molecule has 4 heteroatoms. The van der Waals surface area contributed by atoms with Gasteiger partial charge in [0.2, 0.25) is 0 Å². The minimum Gasteiger partial charge on any atom is -0.340 e. The summed E-state index contributed by atoms with van der Waals surface area (Å²) in [5, 5.41) is 8.19. The third kappa shape index (κ3) is 1.94. The first-order valence-electron chi connectivity index (χ1n) is 1.30. The van der Waals surface area contributed by atoms with Crippen LogP contribution in [-0.4, -0.2) is 34.1 Å². The molecule has 0 saturated carbocycles. The Hall–Kier alpha value is 0.646. The van der Waals surface area contributed by atoms with E-state index >= 15 is 0 Å². The molecule has 0 aromatic rings. The number of hydrogen-bond donors (Lipinski definition) is 1. The van der Waals surface area contributed by atoms with Gasteiger partial charge in [-0.15, -0.1) is 0 Å². The van der Waals surface area contributed by atoms with Crippen molar-refractivity contribution in [1.82, 2.24) is 0 Å². The van der Waals surface area contributed by atoms with Crippen LogP contribution in [0.3, 0.4) is 0 Å². The Bertz CT molecular complexity index is 46.8. The highest BCUT2D eigenvalue weighted by Crippen LogP contribution is 2.22. The molecule has 0 spiro atoms. The largest absolute Gasteiger partial charge is 0.340 e. The summed E-state index contributed by atoms with van der Waals surface area (Å²) in [4.78, 5) is 7.90. The van der Waals surface area contributed by atoms with Crippen molar-refractivity contribution in [1.29, 1.82) is 0 Å². The second kappa shape index (κ2) is 1.63. The zero-order valence-electron chi connectivity index (χ0n) is 2.76. The van der Waals surface area contributed by atoms with E-state index in [0.717, 1.165) is 0 Å². The highest BCUT2D eigenvalue weighted by Gasteiger charge is 2.40. The molecule has 0 amide bonds. The molecule has 1 aliphatic rings. The second-order valence-corrected chi connectivity index (χ2v) is 1.06. The molecule has 34 valence electrons. The van der Waals surface area contributed by atoms with Crippen molar-refractivity contribution in [2.24, 2.45) is 0 Å². The first kappa shape index (κ1) is 6.65. The van der Waals surface area contributed by atoms with Crippen molar-refractivity contribution in [3.05, 3.63) is 0 Å². The SMILES string of the molecule is CC1(O)OO1.[MgH2]. The van der Waals surface area contributed by atoms with Crippen LogP contribution in [0.4, 0.5) is 0 Å². The van der Waals surface area contributed by atoms with Crippen LogP contribution in [0.15, 0.2) is 0 Å². The first-order chi connectivity index (χ1) is 2.21.